The minimum Gasteiger partial charge on any atom is -0.408 e. The van der Waals surface area contributed by atoms with Crippen molar-refractivity contribution in [2.45, 2.75) is 19.7 Å². The third-order valence-corrected chi connectivity index (χ3v) is 12.6. The van der Waals surface area contributed by atoms with Gasteiger partial charge in [-0.2, -0.15) is 0 Å². The Morgan fingerprint density at radius 3 is 2.48 bits per heavy atom. The molecule has 0 bridgehead atoms. The van der Waals surface area contributed by atoms with Crippen molar-refractivity contribution in [2.24, 2.45) is 0 Å². The van der Waals surface area contributed by atoms with E-state index in [1.165, 1.54) is 10.6 Å². The molecule has 0 aliphatic carbocycles. The molecular formula is C12H17ClNO5PS. The maximum Gasteiger partial charge on any atom is 0.420 e. The largest absolute Gasteiger partial charge is 0.420 e. The molecule has 0 unspecified atom stereocenters. The van der Waals surface area contributed by atoms with Crippen molar-refractivity contribution in [3.63, 3.8) is 0 Å². The van der Waals surface area contributed by atoms with Gasteiger partial charge in [-0.15, -0.1) is 9.65 Å². The third-order valence-electron chi connectivity index (χ3n) is 3.58. The molecule has 9 heteroatoms. The fraction of sp³-hybridized carbons (Fsp3) is 0.417. The predicted octanol–water partition coefficient (Wildman–Crippen LogP) is 3.14. The normalized spacial score (nSPS) is 13.8. The van der Waals surface area contributed by atoms with Crippen LogP contribution < -0.4 is 5.76 Å². The Bertz CT molecular complexity index is 761. The van der Waals surface area contributed by atoms with Crippen LogP contribution in [0.1, 0.15) is 13.8 Å². The zero-order chi connectivity index (χ0) is 15.8. The van der Waals surface area contributed by atoms with E-state index in [1.54, 1.807) is 26.0 Å². The molecule has 0 atom stereocenters. The van der Waals surface area contributed by atoms with Crippen LogP contribution in [0.4, 0.5) is 0 Å². The highest BCUT2D eigenvalue weighted by Gasteiger charge is 2.39. The molecule has 2 rings (SSSR count). The third kappa shape index (κ3) is 2.94. The number of halogens is 1. The molecule has 0 aliphatic heterocycles. The molecule has 1 aromatic heterocycles. The van der Waals surface area contributed by atoms with Crippen LogP contribution >= 0.6 is 28.0 Å². The number of aromatic nitrogens is 1. The lowest BCUT2D eigenvalue weighted by Gasteiger charge is -2.37. The van der Waals surface area contributed by atoms with Crippen molar-refractivity contribution in [2.75, 3.05) is 11.5 Å². The van der Waals surface area contributed by atoms with Crippen LogP contribution in [0.5, 0.6) is 0 Å². The molecular weight excluding hydrogens is 337 g/mol. The number of hydrogen-bond acceptors (Lipinski definition) is 3. The summed E-state index contributed by atoms with van der Waals surface area (Å²) in [5.41, 5.74) is 0.815. The van der Waals surface area contributed by atoms with E-state index in [-0.39, 0.29) is 5.88 Å². The van der Waals surface area contributed by atoms with E-state index in [9.17, 15) is 19.1 Å². The molecule has 0 radical (unpaired) electrons. The second kappa shape index (κ2) is 5.82. The highest BCUT2D eigenvalue weighted by molar-refractivity contribution is 8.76. The molecule has 6 nitrogen and oxygen atoms in total. The number of nitrogens with zero attached hydrogens (tertiary/aromatic N) is 1. The van der Waals surface area contributed by atoms with Gasteiger partial charge >= 0.3 is 12.6 Å². The smallest absolute Gasteiger partial charge is 0.408 e. The predicted molar refractivity (Wildman–Crippen MR) is 86.2 cm³/mol. The molecule has 118 valence electrons. The van der Waals surface area contributed by atoms with Gasteiger partial charge in [0, 0.05) is 11.1 Å². The number of fused-ring (bicyclic) bond motifs is 1. The number of oxazole rings is 1. The Hall–Kier alpha value is -0.720. The molecule has 0 saturated carbocycles. The monoisotopic (exact) mass is 353 g/mol. The summed E-state index contributed by atoms with van der Waals surface area (Å²) in [6.45, 7) is -0.823. The minimum absolute atomic E-state index is 0.0161. The quantitative estimate of drug-likeness (QED) is 0.805. The van der Waals surface area contributed by atoms with Gasteiger partial charge in [0.15, 0.2) is 5.58 Å². The van der Waals surface area contributed by atoms with Gasteiger partial charge in [-0.05, 0) is 23.6 Å². The Kier molecular flexibility index (Phi) is 4.61. The topological polar surface area (TPSA) is 92.7 Å². The summed E-state index contributed by atoms with van der Waals surface area (Å²) in [6.07, 6.45) is 0. The average molecular weight is 354 g/mol. The second-order valence-corrected chi connectivity index (χ2v) is 13.2. The Morgan fingerprint density at radius 1 is 1.33 bits per heavy atom. The van der Waals surface area contributed by atoms with Crippen molar-refractivity contribution < 1.29 is 18.8 Å². The lowest BCUT2D eigenvalue weighted by molar-refractivity contribution is 0.395. The molecule has 2 aromatic rings. The van der Waals surface area contributed by atoms with Crippen LogP contribution in [0.3, 0.4) is 0 Å². The second-order valence-electron chi connectivity index (χ2n) is 4.60. The van der Waals surface area contributed by atoms with E-state index in [0.717, 1.165) is 0 Å². The van der Waals surface area contributed by atoms with Crippen LogP contribution in [-0.4, -0.2) is 25.9 Å². The fourth-order valence-electron chi connectivity index (χ4n) is 2.20. The van der Waals surface area contributed by atoms with Crippen LogP contribution in [0.2, 0.25) is 5.02 Å². The van der Waals surface area contributed by atoms with E-state index in [1.807, 2.05) is 0 Å². The molecule has 21 heavy (non-hydrogen) atoms. The first-order valence-corrected chi connectivity index (χ1v) is 11.1. The lowest BCUT2D eigenvalue weighted by Crippen LogP contribution is -2.21. The van der Waals surface area contributed by atoms with E-state index in [2.05, 4.69) is 0 Å². The van der Waals surface area contributed by atoms with E-state index < -0.39 is 22.2 Å². The van der Waals surface area contributed by atoms with Crippen LogP contribution in [0.25, 0.3) is 11.1 Å². The molecule has 0 fully saturated rings. The first kappa shape index (κ1) is 16.6. The summed E-state index contributed by atoms with van der Waals surface area (Å²) in [4.78, 5) is 31.4. The van der Waals surface area contributed by atoms with Gasteiger partial charge in [0.2, 0.25) is 0 Å². The fourth-order valence-corrected chi connectivity index (χ4v) is 7.50. The van der Waals surface area contributed by atoms with Crippen molar-refractivity contribution in [3.05, 3.63) is 33.8 Å². The summed E-state index contributed by atoms with van der Waals surface area (Å²) in [7, 11) is -2.30. The van der Waals surface area contributed by atoms with Gasteiger partial charge in [0.1, 0.15) is 0 Å². The van der Waals surface area contributed by atoms with Gasteiger partial charge < -0.3 is 14.2 Å². The van der Waals surface area contributed by atoms with E-state index in [4.69, 9.17) is 16.0 Å². The Morgan fingerprint density at radius 2 is 1.95 bits per heavy atom. The number of benzene rings is 1. The zero-order valence-corrected chi connectivity index (χ0v) is 14.1. The molecule has 0 aliphatic rings. The first-order chi connectivity index (χ1) is 9.74. The van der Waals surface area contributed by atoms with Gasteiger partial charge in [0.05, 0.1) is 11.4 Å². The summed E-state index contributed by atoms with van der Waals surface area (Å²) in [5, 5.41) is 0.433. The van der Waals surface area contributed by atoms with E-state index >= 15 is 0 Å². The van der Waals surface area contributed by atoms with E-state index in [0.29, 0.717) is 27.6 Å². The molecule has 1 heterocycles. The average Bonchev–Trinajstić information content (AvgIpc) is 2.69. The minimum atomic E-state index is -4.30. The highest BCUT2D eigenvalue weighted by Crippen LogP contribution is 2.77. The maximum absolute atomic E-state index is 12.0. The summed E-state index contributed by atoms with van der Waals surface area (Å²) in [6, 6.07) is 4.75. The van der Waals surface area contributed by atoms with Gasteiger partial charge in [0.25, 0.3) is 0 Å². The molecule has 1 aromatic carbocycles. The molecule has 0 amide bonds. The van der Waals surface area contributed by atoms with Crippen molar-refractivity contribution in [3.8, 4) is 0 Å². The standard InChI is InChI=1S/C12H17ClNO5PS/c1-3-21(4-2,20(16,17)18)8-14-10-6-5-9(13)7-11(10)19-12(14)15/h5-7H,3-4,8H2,1-2H3,(H2,16,17,18). The Labute approximate surface area is 127 Å². The van der Waals surface area contributed by atoms with Crippen molar-refractivity contribution in [1.82, 2.24) is 4.57 Å². The van der Waals surface area contributed by atoms with Crippen LogP contribution in [0.15, 0.2) is 27.4 Å². The molecule has 0 saturated heterocycles. The van der Waals surface area contributed by atoms with Crippen molar-refractivity contribution >= 4 is 39.1 Å². The van der Waals surface area contributed by atoms with Gasteiger partial charge in [-0.1, -0.05) is 25.4 Å². The summed E-state index contributed by atoms with van der Waals surface area (Å²) >= 11 is 5.85. The lowest BCUT2D eigenvalue weighted by atomic mass is 10.3. The Balaban J connectivity index is 2.59. The van der Waals surface area contributed by atoms with Crippen LogP contribution in [0, 0.1) is 0 Å². The highest BCUT2D eigenvalue weighted by atomic mass is 35.5. The molecule has 2 N–H and O–H groups in total. The number of hydrogen-bond donors (Lipinski definition) is 2. The van der Waals surface area contributed by atoms with Crippen LogP contribution in [-0.2, 0) is 10.4 Å². The summed E-state index contributed by atoms with van der Waals surface area (Å²) < 4.78 is 18.3. The SMILES string of the molecule is CCS(CC)(Cn1c(=O)oc2cc(Cl)ccc21)P(=O)(O)O. The van der Waals surface area contributed by atoms with Gasteiger partial charge in [-0.3, -0.25) is 4.57 Å². The maximum atomic E-state index is 12.0. The first-order valence-electron chi connectivity index (χ1n) is 6.35. The van der Waals surface area contributed by atoms with Crippen molar-refractivity contribution in [1.29, 1.82) is 0 Å². The molecule has 0 spiro atoms. The van der Waals surface area contributed by atoms with Gasteiger partial charge in [-0.25, -0.2) is 9.36 Å². The zero-order valence-electron chi connectivity index (χ0n) is 11.7. The number of rotatable bonds is 5. The summed E-state index contributed by atoms with van der Waals surface area (Å²) in [5.74, 6) is 0.0260.